The number of thioether (sulfide) groups is 1. The SMILES string of the molecule is O=C1CSc2cc(Cl)c(CNC3CCN(CCn4c(=O)cnc5ccc(F)cc54)CC3)nc2C1. The maximum atomic E-state index is 13.7. The summed E-state index contributed by atoms with van der Waals surface area (Å²) in [5.41, 5.74) is 2.54. The number of halogens is 2. The average molecular weight is 502 g/mol. The third kappa shape index (κ3) is 5.17. The van der Waals surface area contributed by atoms with Crippen LogP contribution in [0.25, 0.3) is 11.0 Å². The molecule has 0 bridgehead atoms. The zero-order valence-electron chi connectivity index (χ0n) is 18.6. The number of Topliss-reactive ketones (excluding diaryl/α,β-unsaturated/α-hetero) is 1. The lowest BCUT2D eigenvalue weighted by Gasteiger charge is -2.32. The number of pyridine rings is 1. The topological polar surface area (TPSA) is 80.1 Å². The molecule has 0 saturated carbocycles. The molecule has 0 atom stereocenters. The lowest BCUT2D eigenvalue weighted by atomic mass is 10.0. The minimum Gasteiger partial charge on any atom is -0.308 e. The molecule has 0 aliphatic carbocycles. The third-order valence-corrected chi connectivity index (χ3v) is 7.89. The van der Waals surface area contributed by atoms with Crippen molar-refractivity contribution in [1.29, 1.82) is 0 Å². The van der Waals surface area contributed by atoms with E-state index >= 15 is 0 Å². The molecule has 2 aromatic heterocycles. The summed E-state index contributed by atoms with van der Waals surface area (Å²) in [5.74, 6) is 0.314. The Balaban J connectivity index is 1.15. The van der Waals surface area contributed by atoms with Crippen LogP contribution in [-0.4, -0.2) is 56.6 Å². The maximum absolute atomic E-state index is 13.7. The van der Waals surface area contributed by atoms with Gasteiger partial charge in [-0.2, -0.15) is 0 Å². The van der Waals surface area contributed by atoms with Crippen molar-refractivity contribution in [2.24, 2.45) is 0 Å². The number of likely N-dealkylation sites (tertiary alicyclic amines) is 1. The first-order valence-corrected chi connectivity index (χ1v) is 12.8. The average Bonchev–Trinajstić information content (AvgIpc) is 2.83. The highest BCUT2D eigenvalue weighted by molar-refractivity contribution is 8.00. The summed E-state index contributed by atoms with van der Waals surface area (Å²) in [6.07, 6.45) is 3.62. The van der Waals surface area contributed by atoms with Crippen molar-refractivity contribution < 1.29 is 9.18 Å². The second-order valence-electron chi connectivity index (χ2n) is 8.74. The molecule has 1 fully saturated rings. The highest BCUT2D eigenvalue weighted by Gasteiger charge is 2.22. The summed E-state index contributed by atoms with van der Waals surface area (Å²) >= 11 is 7.94. The summed E-state index contributed by atoms with van der Waals surface area (Å²) in [5, 5.41) is 4.20. The van der Waals surface area contributed by atoms with Crippen LogP contribution in [-0.2, 0) is 24.3 Å². The number of carbonyl (C=O) groups is 1. The molecule has 4 heterocycles. The van der Waals surface area contributed by atoms with Gasteiger partial charge in [0.15, 0.2) is 0 Å². The molecule has 7 nitrogen and oxygen atoms in total. The summed E-state index contributed by atoms with van der Waals surface area (Å²) < 4.78 is 15.3. The monoisotopic (exact) mass is 501 g/mol. The van der Waals surface area contributed by atoms with Gasteiger partial charge in [0.2, 0.25) is 0 Å². The van der Waals surface area contributed by atoms with Gasteiger partial charge >= 0.3 is 0 Å². The number of hydrogen-bond acceptors (Lipinski definition) is 7. The molecule has 34 heavy (non-hydrogen) atoms. The van der Waals surface area contributed by atoms with Gasteiger partial charge in [-0.05, 0) is 50.2 Å². The van der Waals surface area contributed by atoms with Crippen LogP contribution >= 0.6 is 23.4 Å². The molecule has 0 radical (unpaired) electrons. The number of benzene rings is 1. The Kier molecular flexibility index (Phi) is 6.96. The largest absolute Gasteiger partial charge is 0.308 e. The molecule has 10 heteroatoms. The first-order chi connectivity index (χ1) is 16.5. The summed E-state index contributed by atoms with van der Waals surface area (Å²) in [6, 6.07) is 6.59. The molecule has 1 aromatic carbocycles. The Morgan fingerprint density at radius 1 is 1.18 bits per heavy atom. The van der Waals surface area contributed by atoms with E-state index < -0.39 is 0 Å². The maximum Gasteiger partial charge on any atom is 0.269 e. The van der Waals surface area contributed by atoms with E-state index in [9.17, 15) is 14.0 Å². The molecule has 0 unspecified atom stereocenters. The Hall–Kier alpha value is -2.33. The number of piperidine rings is 1. The van der Waals surface area contributed by atoms with E-state index in [2.05, 4.69) is 20.2 Å². The lowest BCUT2D eigenvalue weighted by molar-refractivity contribution is -0.116. The molecule has 1 saturated heterocycles. The van der Waals surface area contributed by atoms with E-state index in [1.165, 1.54) is 30.1 Å². The van der Waals surface area contributed by atoms with E-state index in [-0.39, 0.29) is 17.2 Å². The number of hydrogen-bond donors (Lipinski definition) is 1. The van der Waals surface area contributed by atoms with Crippen LogP contribution in [0.5, 0.6) is 0 Å². The second kappa shape index (κ2) is 10.1. The quantitative estimate of drug-likeness (QED) is 0.556. The number of carbonyl (C=O) groups excluding carboxylic acids is 1. The minimum atomic E-state index is -0.376. The smallest absolute Gasteiger partial charge is 0.269 e. The van der Waals surface area contributed by atoms with E-state index in [1.807, 2.05) is 6.07 Å². The molecule has 178 valence electrons. The molecule has 2 aliphatic heterocycles. The third-order valence-electron chi connectivity index (χ3n) is 6.44. The number of aromatic nitrogens is 3. The van der Waals surface area contributed by atoms with E-state index in [0.717, 1.165) is 42.2 Å². The molecular weight excluding hydrogens is 477 g/mol. The molecule has 2 aliphatic rings. The molecular formula is C24H25ClFN5O2S. The van der Waals surface area contributed by atoms with Crippen LogP contribution in [0.1, 0.15) is 24.2 Å². The van der Waals surface area contributed by atoms with Crippen LogP contribution < -0.4 is 10.9 Å². The number of nitrogens with zero attached hydrogens (tertiary/aromatic N) is 4. The van der Waals surface area contributed by atoms with Gasteiger partial charge in [-0.3, -0.25) is 14.6 Å². The van der Waals surface area contributed by atoms with Crippen LogP contribution in [0, 0.1) is 5.82 Å². The summed E-state index contributed by atoms with van der Waals surface area (Å²) in [6.45, 7) is 3.58. The van der Waals surface area contributed by atoms with E-state index in [4.69, 9.17) is 11.6 Å². The molecule has 5 rings (SSSR count). The zero-order valence-corrected chi connectivity index (χ0v) is 20.2. The fourth-order valence-corrected chi connectivity index (χ4v) is 5.72. The number of nitrogens with one attached hydrogen (secondary N) is 1. The fourth-order valence-electron chi connectivity index (χ4n) is 4.53. The van der Waals surface area contributed by atoms with Crippen molar-refractivity contribution >= 4 is 40.2 Å². The van der Waals surface area contributed by atoms with Crippen LogP contribution in [0.3, 0.4) is 0 Å². The van der Waals surface area contributed by atoms with Gasteiger partial charge in [0.05, 0.1) is 45.8 Å². The van der Waals surface area contributed by atoms with Crippen molar-refractivity contribution in [3.63, 3.8) is 0 Å². The Labute approximate surface area is 205 Å². The van der Waals surface area contributed by atoms with Crippen LogP contribution in [0.4, 0.5) is 4.39 Å². The highest BCUT2D eigenvalue weighted by Crippen LogP contribution is 2.31. The molecule has 1 N–H and O–H groups in total. The van der Waals surface area contributed by atoms with Gasteiger partial charge in [-0.1, -0.05) is 11.6 Å². The number of ketones is 1. The highest BCUT2D eigenvalue weighted by atomic mass is 35.5. The van der Waals surface area contributed by atoms with Crippen molar-refractivity contribution in [3.8, 4) is 0 Å². The van der Waals surface area contributed by atoms with Gasteiger partial charge in [-0.15, -0.1) is 11.8 Å². The van der Waals surface area contributed by atoms with Crippen molar-refractivity contribution in [1.82, 2.24) is 24.8 Å². The Morgan fingerprint density at radius 3 is 2.82 bits per heavy atom. The van der Waals surface area contributed by atoms with Crippen molar-refractivity contribution in [2.75, 3.05) is 25.4 Å². The van der Waals surface area contributed by atoms with Gasteiger partial charge in [0, 0.05) is 30.6 Å². The Morgan fingerprint density at radius 2 is 2.00 bits per heavy atom. The van der Waals surface area contributed by atoms with Gasteiger partial charge in [0.25, 0.3) is 5.56 Å². The minimum absolute atomic E-state index is 0.200. The van der Waals surface area contributed by atoms with Gasteiger partial charge in [0.1, 0.15) is 11.6 Å². The fraction of sp³-hybridized carbons (Fsp3) is 0.417. The van der Waals surface area contributed by atoms with E-state index in [1.54, 1.807) is 10.6 Å². The lowest BCUT2D eigenvalue weighted by Crippen LogP contribution is -2.43. The van der Waals surface area contributed by atoms with Gasteiger partial charge in [-0.25, -0.2) is 9.37 Å². The predicted octanol–water partition coefficient (Wildman–Crippen LogP) is 3.06. The number of rotatable bonds is 6. The van der Waals surface area contributed by atoms with Gasteiger partial charge < -0.3 is 14.8 Å². The zero-order chi connectivity index (χ0) is 23.7. The molecule has 0 amide bonds. The van der Waals surface area contributed by atoms with Crippen molar-refractivity contribution in [2.45, 2.75) is 43.3 Å². The molecule has 3 aromatic rings. The first kappa shape index (κ1) is 23.4. The first-order valence-electron chi connectivity index (χ1n) is 11.4. The van der Waals surface area contributed by atoms with Crippen molar-refractivity contribution in [3.05, 3.63) is 63.0 Å². The predicted molar refractivity (Wildman–Crippen MR) is 131 cm³/mol. The van der Waals surface area contributed by atoms with Crippen LogP contribution in [0.15, 0.2) is 40.2 Å². The van der Waals surface area contributed by atoms with E-state index in [0.29, 0.717) is 53.9 Å². The molecule has 0 spiro atoms. The normalized spacial score (nSPS) is 17.3. The standard InChI is InChI=1S/C24H25ClFN5O2S/c25-18-11-23-20(10-17(32)14-34-23)29-21(18)12-27-16-3-5-30(6-4-16)7-8-31-22-9-15(26)1-2-19(22)28-13-24(31)33/h1-2,9,11,13,16,27H,3-8,10,12,14H2. The van der Waals surface area contributed by atoms with Crippen LogP contribution in [0.2, 0.25) is 5.02 Å². The summed E-state index contributed by atoms with van der Waals surface area (Å²) in [4.78, 5) is 36.2. The summed E-state index contributed by atoms with van der Waals surface area (Å²) in [7, 11) is 0. The number of fused-ring (bicyclic) bond motifs is 2. The second-order valence-corrected chi connectivity index (χ2v) is 10.2. The Bertz CT molecular complexity index is 1290.